The Kier molecular flexibility index (Phi) is 6.02. The van der Waals surface area contributed by atoms with E-state index in [1.54, 1.807) is 47.1 Å². The smallest absolute Gasteiger partial charge is 0.254 e. The SMILES string of the molecule is Cc1ccc(C(=O)N2CCN(C(=O)Cc3ccc(Cl)c(Cl)c3)CC2)cc1F. The number of hydrogen-bond donors (Lipinski definition) is 0. The molecule has 2 aromatic carbocycles. The summed E-state index contributed by atoms with van der Waals surface area (Å²) < 4.78 is 13.7. The van der Waals surface area contributed by atoms with Gasteiger partial charge >= 0.3 is 0 Å². The largest absolute Gasteiger partial charge is 0.339 e. The average molecular weight is 409 g/mol. The molecule has 0 aromatic heterocycles. The fraction of sp³-hybridized carbons (Fsp3) is 0.300. The van der Waals surface area contributed by atoms with E-state index >= 15 is 0 Å². The van der Waals surface area contributed by atoms with Crippen LogP contribution in [0.2, 0.25) is 10.0 Å². The minimum absolute atomic E-state index is 0.0260. The number of benzene rings is 2. The van der Waals surface area contributed by atoms with E-state index in [0.717, 1.165) is 5.56 Å². The third kappa shape index (κ3) is 4.60. The molecule has 142 valence electrons. The van der Waals surface area contributed by atoms with Gasteiger partial charge < -0.3 is 9.80 Å². The summed E-state index contributed by atoms with van der Waals surface area (Å²) in [5.41, 5.74) is 1.63. The molecule has 2 aromatic rings. The van der Waals surface area contributed by atoms with E-state index in [4.69, 9.17) is 23.2 Å². The van der Waals surface area contributed by atoms with Gasteiger partial charge in [-0.15, -0.1) is 0 Å². The first-order chi connectivity index (χ1) is 12.8. The van der Waals surface area contributed by atoms with Gasteiger partial charge in [0.25, 0.3) is 5.91 Å². The molecule has 1 fully saturated rings. The molecule has 1 aliphatic rings. The number of nitrogens with zero attached hydrogens (tertiary/aromatic N) is 2. The van der Waals surface area contributed by atoms with Crippen LogP contribution < -0.4 is 0 Å². The summed E-state index contributed by atoms with van der Waals surface area (Å²) in [5, 5.41) is 0.871. The number of carbonyl (C=O) groups is 2. The van der Waals surface area contributed by atoms with E-state index < -0.39 is 5.82 Å². The number of halogens is 3. The highest BCUT2D eigenvalue weighted by atomic mass is 35.5. The van der Waals surface area contributed by atoms with Gasteiger partial charge in [0.1, 0.15) is 5.82 Å². The maximum absolute atomic E-state index is 13.7. The summed E-state index contributed by atoms with van der Waals surface area (Å²) in [4.78, 5) is 28.4. The standard InChI is InChI=1S/C20H19Cl2FN2O2/c1-13-2-4-15(12-18(13)23)20(27)25-8-6-24(7-9-25)19(26)11-14-3-5-16(21)17(22)10-14/h2-5,10,12H,6-9,11H2,1H3. The lowest BCUT2D eigenvalue weighted by atomic mass is 10.1. The molecule has 0 radical (unpaired) electrons. The molecule has 0 saturated carbocycles. The molecule has 1 aliphatic heterocycles. The molecule has 27 heavy (non-hydrogen) atoms. The van der Waals surface area contributed by atoms with Crippen molar-refractivity contribution in [3.63, 3.8) is 0 Å². The molecule has 0 unspecified atom stereocenters. The zero-order valence-corrected chi connectivity index (χ0v) is 16.4. The average Bonchev–Trinajstić information content (AvgIpc) is 2.66. The van der Waals surface area contributed by atoms with Crippen LogP contribution in [0.3, 0.4) is 0 Å². The number of carbonyl (C=O) groups excluding carboxylic acids is 2. The molecule has 0 N–H and O–H groups in total. The summed E-state index contributed by atoms with van der Waals surface area (Å²) in [6, 6.07) is 9.62. The third-order valence-corrected chi connectivity index (χ3v) is 5.42. The van der Waals surface area contributed by atoms with Gasteiger partial charge in [0, 0.05) is 31.7 Å². The lowest BCUT2D eigenvalue weighted by Gasteiger charge is -2.35. The van der Waals surface area contributed by atoms with Crippen LogP contribution in [0.5, 0.6) is 0 Å². The molecule has 2 amide bonds. The summed E-state index contributed by atoms with van der Waals surface area (Å²) in [5.74, 6) is -0.636. The lowest BCUT2D eigenvalue weighted by molar-refractivity contribution is -0.131. The van der Waals surface area contributed by atoms with Crippen LogP contribution >= 0.6 is 23.2 Å². The topological polar surface area (TPSA) is 40.6 Å². The van der Waals surface area contributed by atoms with Gasteiger partial charge in [0.2, 0.25) is 5.91 Å². The van der Waals surface area contributed by atoms with Crippen molar-refractivity contribution in [1.82, 2.24) is 9.80 Å². The predicted molar refractivity (Wildman–Crippen MR) is 104 cm³/mol. The molecule has 0 spiro atoms. The van der Waals surface area contributed by atoms with E-state index in [0.29, 0.717) is 47.4 Å². The van der Waals surface area contributed by atoms with Crippen LogP contribution in [0.15, 0.2) is 36.4 Å². The first-order valence-electron chi connectivity index (χ1n) is 8.62. The van der Waals surface area contributed by atoms with Crippen molar-refractivity contribution in [3.8, 4) is 0 Å². The van der Waals surface area contributed by atoms with Gasteiger partial charge in [0.15, 0.2) is 0 Å². The molecular formula is C20H19Cl2FN2O2. The molecule has 0 bridgehead atoms. The Morgan fingerprint density at radius 2 is 1.63 bits per heavy atom. The van der Waals surface area contributed by atoms with Crippen LogP contribution in [0.4, 0.5) is 4.39 Å². The Morgan fingerprint density at radius 3 is 2.26 bits per heavy atom. The minimum Gasteiger partial charge on any atom is -0.339 e. The van der Waals surface area contributed by atoms with Crippen molar-refractivity contribution in [2.75, 3.05) is 26.2 Å². The molecule has 1 saturated heterocycles. The number of piperazine rings is 1. The Morgan fingerprint density at radius 1 is 0.963 bits per heavy atom. The Labute approximate surface area is 167 Å². The van der Waals surface area contributed by atoms with Crippen LogP contribution in [-0.2, 0) is 11.2 Å². The lowest BCUT2D eigenvalue weighted by Crippen LogP contribution is -2.51. The molecule has 1 heterocycles. The van der Waals surface area contributed by atoms with Crippen molar-refractivity contribution in [1.29, 1.82) is 0 Å². The van der Waals surface area contributed by atoms with Gasteiger partial charge in [0.05, 0.1) is 16.5 Å². The Bertz CT molecular complexity index is 880. The molecule has 0 aliphatic carbocycles. The van der Waals surface area contributed by atoms with E-state index in [1.165, 1.54) is 6.07 Å². The summed E-state index contributed by atoms with van der Waals surface area (Å²) in [7, 11) is 0. The first-order valence-corrected chi connectivity index (χ1v) is 9.38. The van der Waals surface area contributed by atoms with Crippen molar-refractivity contribution in [2.24, 2.45) is 0 Å². The minimum atomic E-state index is -0.392. The Hall–Kier alpha value is -2.11. The second-order valence-electron chi connectivity index (χ2n) is 6.56. The van der Waals surface area contributed by atoms with Gasteiger partial charge in [-0.05, 0) is 42.3 Å². The second-order valence-corrected chi connectivity index (χ2v) is 7.38. The van der Waals surface area contributed by atoms with E-state index in [2.05, 4.69) is 0 Å². The maximum atomic E-state index is 13.7. The predicted octanol–water partition coefficient (Wildman–Crippen LogP) is 3.97. The van der Waals surface area contributed by atoms with Crippen LogP contribution in [0, 0.1) is 12.7 Å². The van der Waals surface area contributed by atoms with Gasteiger partial charge in [-0.25, -0.2) is 4.39 Å². The van der Waals surface area contributed by atoms with E-state index in [-0.39, 0.29) is 18.2 Å². The molecular weight excluding hydrogens is 390 g/mol. The number of aryl methyl sites for hydroxylation is 1. The Balaban J connectivity index is 1.57. The normalized spacial score (nSPS) is 14.4. The van der Waals surface area contributed by atoms with Crippen molar-refractivity contribution < 1.29 is 14.0 Å². The highest BCUT2D eigenvalue weighted by Gasteiger charge is 2.25. The van der Waals surface area contributed by atoms with Crippen molar-refractivity contribution in [2.45, 2.75) is 13.3 Å². The monoisotopic (exact) mass is 408 g/mol. The van der Waals surface area contributed by atoms with Gasteiger partial charge in [-0.1, -0.05) is 35.3 Å². The van der Waals surface area contributed by atoms with Crippen molar-refractivity contribution >= 4 is 35.0 Å². The number of amides is 2. The fourth-order valence-electron chi connectivity index (χ4n) is 3.00. The zero-order chi connectivity index (χ0) is 19.6. The number of rotatable bonds is 3. The van der Waals surface area contributed by atoms with E-state index in [9.17, 15) is 14.0 Å². The zero-order valence-electron chi connectivity index (χ0n) is 14.8. The maximum Gasteiger partial charge on any atom is 0.254 e. The highest BCUT2D eigenvalue weighted by molar-refractivity contribution is 6.42. The molecule has 4 nitrogen and oxygen atoms in total. The first kappa shape index (κ1) is 19.6. The highest BCUT2D eigenvalue weighted by Crippen LogP contribution is 2.23. The summed E-state index contributed by atoms with van der Waals surface area (Å²) in [6.07, 6.45) is 0.230. The summed E-state index contributed by atoms with van der Waals surface area (Å²) in [6.45, 7) is 3.38. The fourth-order valence-corrected chi connectivity index (χ4v) is 3.32. The van der Waals surface area contributed by atoms with Gasteiger partial charge in [-0.2, -0.15) is 0 Å². The van der Waals surface area contributed by atoms with Crippen LogP contribution in [-0.4, -0.2) is 47.8 Å². The molecule has 0 atom stereocenters. The quantitative estimate of drug-likeness (QED) is 0.770. The van der Waals surface area contributed by atoms with E-state index in [1.807, 2.05) is 0 Å². The molecule has 7 heteroatoms. The van der Waals surface area contributed by atoms with Gasteiger partial charge in [-0.3, -0.25) is 9.59 Å². The van der Waals surface area contributed by atoms with Crippen LogP contribution in [0.1, 0.15) is 21.5 Å². The van der Waals surface area contributed by atoms with Crippen LogP contribution in [0.25, 0.3) is 0 Å². The number of hydrogen-bond acceptors (Lipinski definition) is 2. The molecule has 3 rings (SSSR count). The van der Waals surface area contributed by atoms with Crippen molar-refractivity contribution in [3.05, 3.63) is 69.0 Å². The second kappa shape index (κ2) is 8.28. The third-order valence-electron chi connectivity index (χ3n) is 4.68. The summed E-state index contributed by atoms with van der Waals surface area (Å²) >= 11 is 11.9.